The van der Waals surface area contributed by atoms with Crippen molar-refractivity contribution in [3.05, 3.63) is 52.3 Å². The Balaban J connectivity index is 1.91. The molecule has 1 heterocycles. The van der Waals surface area contributed by atoms with E-state index in [1.165, 1.54) is 25.1 Å². The van der Waals surface area contributed by atoms with Crippen LogP contribution in [-0.2, 0) is 14.3 Å². The highest BCUT2D eigenvalue weighted by atomic mass is 79.9. The average Bonchev–Trinajstić information content (AvgIpc) is 3.04. The molecule has 3 aromatic rings. The predicted molar refractivity (Wildman–Crippen MR) is 120 cm³/mol. The maximum atomic E-state index is 13.3. The molecule has 2 N–H and O–H groups in total. The van der Waals surface area contributed by atoms with Crippen LogP contribution in [0.25, 0.3) is 10.1 Å². The number of thiophene rings is 1. The summed E-state index contributed by atoms with van der Waals surface area (Å²) in [5, 5.41) is 6.05. The molecule has 0 aliphatic heterocycles. The molecule has 0 saturated heterocycles. The number of anilines is 2. The summed E-state index contributed by atoms with van der Waals surface area (Å²) >= 11 is 4.53. The first kappa shape index (κ1) is 22.7. The third-order valence-corrected chi connectivity index (χ3v) is 5.73. The molecule has 7 nitrogen and oxygen atoms in total. The zero-order chi connectivity index (χ0) is 22.5. The molecule has 10 heteroatoms. The van der Waals surface area contributed by atoms with Gasteiger partial charge in [-0.3, -0.25) is 9.59 Å². The largest absolute Gasteiger partial charge is 0.481 e. The van der Waals surface area contributed by atoms with Gasteiger partial charge in [-0.25, -0.2) is 9.18 Å². The topological polar surface area (TPSA) is 93.7 Å². The van der Waals surface area contributed by atoms with Crippen LogP contribution in [0.4, 0.5) is 15.1 Å². The lowest BCUT2D eigenvalue weighted by molar-refractivity contribution is -0.118. The van der Waals surface area contributed by atoms with Crippen LogP contribution in [0.15, 0.2) is 40.9 Å². The summed E-state index contributed by atoms with van der Waals surface area (Å²) in [4.78, 5) is 36.4. The van der Waals surface area contributed by atoms with Crippen molar-refractivity contribution in [2.75, 3.05) is 23.8 Å². The van der Waals surface area contributed by atoms with E-state index in [2.05, 4.69) is 26.6 Å². The van der Waals surface area contributed by atoms with Crippen LogP contribution < -0.4 is 15.4 Å². The van der Waals surface area contributed by atoms with Crippen molar-refractivity contribution in [2.45, 2.75) is 13.8 Å². The van der Waals surface area contributed by atoms with E-state index in [1.807, 2.05) is 0 Å². The fraction of sp³-hybridized carbons (Fsp3) is 0.190. The first-order chi connectivity index (χ1) is 14.8. The molecule has 0 aliphatic carbocycles. The number of fused-ring (bicyclic) bond motifs is 1. The van der Waals surface area contributed by atoms with Crippen LogP contribution in [0.5, 0.6) is 5.75 Å². The lowest BCUT2D eigenvalue weighted by atomic mass is 10.1. The Hall–Kier alpha value is -2.98. The molecule has 0 atom stereocenters. The van der Waals surface area contributed by atoms with Crippen molar-refractivity contribution in [1.82, 2.24) is 0 Å². The van der Waals surface area contributed by atoms with Gasteiger partial charge in [-0.05, 0) is 47.1 Å². The zero-order valence-corrected chi connectivity index (χ0v) is 19.0. The van der Waals surface area contributed by atoms with E-state index in [0.717, 1.165) is 11.3 Å². The van der Waals surface area contributed by atoms with E-state index >= 15 is 0 Å². The summed E-state index contributed by atoms with van der Waals surface area (Å²) in [6.07, 6.45) is 0. The summed E-state index contributed by atoms with van der Waals surface area (Å²) in [5.74, 6) is -1.54. The molecule has 0 unspecified atom stereocenters. The minimum atomic E-state index is -0.574. The van der Waals surface area contributed by atoms with Gasteiger partial charge in [-0.2, -0.15) is 0 Å². The van der Waals surface area contributed by atoms with Gasteiger partial charge in [0, 0.05) is 18.0 Å². The Morgan fingerprint density at radius 3 is 2.61 bits per heavy atom. The van der Waals surface area contributed by atoms with Gasteiger partial charge in [0.05, 0.1) is 15.8 Å². The molecule has 162 valence electrons. The van der Waals surface area contributed by atoms with Gasteiger partial charge in [-0.1, -0.05) is 12.1 Å². The van der Waals surface area contributed by atoms with E-state index in [9.17, 15) is 18.8 Å². The second-order valence-electron chi connectivity index (χ2n) is 6.31. The van der Waals surface area contributed by atoms with E-state index in [-0.39, 0.29) is 24.7 Å². The molecular formula is C21H18BrFN2O5S. The molecule has 3 rings (SSSR count). The highest BCUT2D eigenvalue weighted by molar-refractivity contribution is 9.10. The van der Waals surface area contributed by atoms with Crippen molar-refractivity contribution in [2.24, 2.45) is 0 Å². The van der Waals surface area contributed by atoms with Gasteiger partial charge in [0.25, 0.3) is 5.91 Å². The molecule has 31 heavy (non-hydrogen) atoms. The van der Waals surface area contributed by atoms with Crippen LogP contribution in [0.1, 0.15) is 24.2 Å². The molecule has 2 aromatic carbocycles. The SMILES string of the molecule is CCOC(=O)c1c(NC(C)=O)sc2c(OCC(=O)Nc3cccc(F)c3)c(Br)ccc12. The van der Waals surface area contributed by atoms with Gasteiger partial charge in [0.2, 0.25) is 5.91 Å². The second kappa shape index (κ2) is 9.88. The fourth-order valence-electron chi connectivity index (χ4n) is 2.80. The van der Waals surface area contributed by atoms with E-state index in [1.54, 1.807) is 25.1 Å². The number of hydrogen-bond donors (Lipinski definition) is 2. The number of amides is 2. The Labute approximate surface area is 189 Å². The van der Waals surface area contributed by atoms with Crippen LogP contribution >= 0.6 is 27.3 Å². The van der Waals surface area contributed by atoms with Gasteiger partial charge in [0.15, 0.2) is 12.4 Å². The first-order valence-corrected chi connectivity index (χ1v) is 10.8. The summed E-state index contributed by atoms with van der Waals surface area (Å²) in [7, 11) is 0. The standard InChI is InChI=1S/C21H18BrFN2O5S/c1-3-29-21(28)17-14-7-8-15(22)18(19(14)31-20(17)24-11(2)26)30-10-16(27)25-13-6-4-5-12(23)9-13/h4-9H,3,10H2,1-2H3,(H,24,26)(H,25,27). The van der Waals surface area contributed by atoms with Crippen molar-refractivity contribution in [3.63, 3.8) is 0 Å². The number of halogens is 2. The van der Waals surface area contributed by atoms with Crippen molar-refractivity contribution >= 4 is 65.8 Å². The Morgan fingerprint density at radius 2 is 1.94 bits per heavy atom. The smallest absolute Gasteiger partial charge is 0.341 e. The number of hydrogen-bond acceptors (Lipinski definition) is 6. The number of carbonyl (C=O) groups excluding carboxylic acids is 3. The van der Waals surface area contributed by atoms with Crippen molar-refractivity contribution in [1.29, 1.82) is 0 Å². The third kappa shape index (κ3) is 5.39. The first-order valence-electron chi connectivity index (χ1n) is 9.18. The maximum absolute atomic E-state index is 13.3. The monoisotopic (exact) mass is 508 g/mol. The molecule has 0 saturated carbocycles. The lowest BCUT2D eigenvalue weighted by Crippen LogP contribution is -2.20. The number of esters is 1. The number of benzene rings is 2. The van der Waals surface area contributed by atoms with E-state index in [4.69, 9.17) is 9.47 Å². The fourth-order valence-corrected chi connectivity index (χ4v) is 4.61. The molecule has 2 amide bonds. The summed E-state index contributed by atoms with van der Waals surface area (Å²) < 4.78 is 25.3. The molecule has 0 spiro atoms. The normalized spacial score (nSPS) is 10.6. The van der Waals surface area contributed by atoms with E-state index in [0.29, 0.717) is 31.0 Å². The Bertz CT molecular complexity index is 1160. The highest BCUT2D eigenvalue weighted by Crippen LogP contribution is 2.44. The number of rotatable bonds is 7. The highest BCUT2D eigenvalue weighted by Gasteiger charge is 2.24. The second-order valence-corrected chi connectivity index (χ2v) is 8.18. The number of nitrogens with one attached hydrogen (secondary N) is 2. The summed E-state index contributed by atoms with van der Waals surface area (Å²) in [6.45, 7) is 2.85. The van der Waals surface area contributed by atoms with Gasteiger partial charge < -0.3 is 20.1 Å². The summed E-state index contributed by atoms with van der Waals surface area (Å²) in [5.41, 5.74) is 0.526. The third-order valence-electron chi connectivity index (χ3n) is 3.99. The van der Waals surface area contributed by atoms with Crippen molar-refractivity contribution in [3.8, 4) is 5.75 Å². The van der Waals surface area contributed by atoms with Gasteiger partial charge in [0.1, 0.15) is 16.4 Å². The molecule has 0 aliphatic rings. The van der Waals surface area contributed by atoms with Crippen LogP contribution in [0.3, 0.4) is 0 Å². The molecule has 0 bridgehead atoms. The number of carbonyl (C=O) groups is 3. The van der Waals surface area contributed by atoms with Crippen LogP contribution in [-0.4, -0.2) is 31.0 Å². The predicted octanol–water partition coefficient (Wildman–Crippen LogP) is 4.96. The number of ether oxygens (including phenoxy) is 2. The Kier molecular flexibility index (Phi) is 7.24. The molecular weight excluding hydrogens is 491 g/mol. The minimum absolute atomic E-state index is 0.176. The average molecular weight is 509 g/mol. The maximum Gasteiger partial charge on any atom is 0.341 e. The quantitative estimate of drug-likeness (QED) is 0.440. The van der Waals surface area contributed by atoms with Crippen LogP contribution in [0.2, 0.25) is 0 Å². The van der Waals surface area contributed by atoms with E-state index < -0.39 is 17.7 Å². The van der Waals surface area contributed by atoms with Crippen molar-refractivity contribution < 1.29 is 28.2 Å². The molecule has 0 radical (unpaired) electrons. The lowest BCUT2D eigenvalue weighted by Gasteiger charge is -2.10. The summed E-state index contributed by atoms with van der Waals surface area (Å²) in [6, 6.07) is 8.88. The zero-order valence-electron chi connectivity index (χ0n) is 16.6. The molecule has 1 aromatic heterocycles. The minimum Gasteiger partial charge on any atom is -0.481 e. The van der Waals surface area contributed by atoms with Gasteiger partial charge >= 0.3 is 5.97 Å². The van der Waals surface area contributed by atoms with Crippen LogP contribution in [0, 0.1) is 5.82 Å². The molecule has 0 fully saturated rings. The van der Waals surface area contributed by atoms with Gasteiger partial charge in [-0.15, -0.1) is 11.3 Å². The Morgan fingerprint density at radius 1 is 1.16 bits per heavy atom.